The number of carbonyl (C=O) groups is 2. The highest BCUT2D eigenvalue weighted by molar-refractivity contribution is 7.92. The number of nitrogens with zero attached hydrogens (tertiary/aromatic N) is 2. The predicted molar refractivity (Wildman–Crippen MR) is 170 cm³/mol. The van der Waals surface area contributed by atoms with E-state index in [2.05, 4.69) is 5.32 Å². The summed E-state index contributed by atoms with van der Waals surface area (Å²) in [5.41, 5.74) is 0.912. The van der Waals surface area contributed by atoms with Gasteiger partial charge in [0.15, 0.2) is 0 Å². The van der Waals surface area contributed by atoms with Crippen LogP contribution in [-0.4, -0.2) is 50.4 Å². The van der Waals surface area contributed by atoms with Gasteiger partial charge in [0, 0.05) is 22.6 Å². The third-order valence-electron chi connectivity index (χ3n) is 7.48. The lowest BCUT2D eigenvalue weighted by atomic mass is 9.95. The van der Waals surface area contributed by atoms with Gasteiger partial charge in [0.1, 0.15) is 18.3 Å². The Labute approximate surface area is 264 Å². The van der Waals surface area contributed by atoms with Crippen LogP contribution in [0.1, 0.15) is 51.5 Å². The predicted octanol–water partition coefficient (Wildman–Crippen LogP) is 6.45. The van der Waals surface area contributed by atoms with Gasteiger partial charge in [-0.05, 0) is 80.8 Å². The first kappa shape index (κ1) is 32.6. The second-order valence-corrected chi connectivity index (χ2v) is 13.3. The zero-order chi connectivity index (χ0) is 31.0. The van der Waals surface area contributed by atoms with Crippen LogP contribution in [0.3, 0.4) is 0 Å². The average Bonchev–Trinajstić information content (AvgIpc) is 2.99. The Bertz CT molecular complexity index is 1510. The van der Waals surface area contributed by atoms with Gasteiger partial charge in [-0.3, -0.25) is 13.9 Å². The van der Waals surface area contributed by atoms with Crippen LogP contribution in [0, 0.1) is 0 Å². The molecule has 4 rings (SSSR count). The molecule has 0 aromatic heterocycles. The first-order valence-corrected chi connectivity index (χ1v) is 16.6. The van der Waals surface area contributed by atoms with Crippen molar-refractivity contribution in [1.82, 2.24) is 10.2 Å². The minimum absolute atomic E-state index is 0.0412. The zero-order valence-electron chi connectivity index (χ0n) is 24.3. The second kappa shape index (κ2) is 14.9. The molecule has 1 saturated carbocycles. The average molecular weight is 647 g/mol. The van der Waals surface area contributed by atoms with Gasteiger partial charge in [0.05, 0.1) is 17.2 Å². The van der Waals surface area contributed by atoms with E-state index >= 15 is 0 Å². The van der Waals surface area contributed by atoms with Crippen molar-refractivity contribution < 1.29 is 22.7 Å². The number of sulfonamides is 1. The van der Waals surface area contributed by atoms with E-state index in [-0.39, 0.29) is 29.1 Å². The van der Waals surface area contributed by atoms with E-state index in [1.807, 2.05) is 6.07 Å². The Kier molecular flexibility index (Phi) is 11.3. The number of hydrogen-bond acceptors (Lipinski definition) is 5. The fourth-order valence-electron chi connectivity index (χ4n) is 5.17. The Morgan fingerprint density at radius 3 is 2.33 bits per heavy atom. The van der Waals surface area contributed by atoms with Crippen molar-refractivity contribution in [1.29, 1.82) is 0 Å². The maximum Gasteiger partial charge on any atom is 0.264 e. The molecule has 1 atom stereocenters. The van der Waals surface area contributed by atoms with Gasteiger partial charge in [-0.1, -0.05) is 66.7 Å². The van der Waals surface area contributed by atoms with Crippen LogP contribution in [-0.2, 0) is 26.2 Å². The van der Waals surface area contributed by atoms with Gasteiger partial charge in [-0.25, -0.2) is 8.42 Å². The molecule has 2 amide bonds. The maximum absolute atomic E-state index is 14.2. The van der Waals surface area contributed by atoms with E-state index in [1.165, 1.54) is 29.2 Å². The molecular weight excluding hydrogens is 609 g/mol. The number of anilines is 1. The molecule has 0 radical (unpaired) electrons. The highest BCUT2D eigenvalue weighted by Gasteiger charge is 2.34. The fourth-order valence-corrected chi connectivity index (χ4v) is 6.93. The number of para-hydroxylation sites is 2. The van der Waals surface area contributed by atoms with Crippen molar-refractivity contribution in [3.8, 4) is 5.75 Å². The van der Waals surface area contributed by atoms with Crippen molar-refractivity contribution in [2.24, 2.45) is 0 Å². The van der Waals surface area contributed by atoms with E-state index in [0.29, 0.717) is 28.0 Å². The van der Waals surface area contributed by atoms with Crippen molar-refractivity contribution >= 4 is 50.7 Å². The minimum Gasteiger partial charge on any atom is -0.492 e. The summed E-state index contributed by atoms with van der Waals surface area (Å²) in [6.45, 7) is 3.22. The third-order valence-corrected chi connectivity index (χ3v) is 9.74. The molecule has 43 heavy (non-hydrogen) atoms. The highest BCUT2D eigenvalue weighted by atomic mass is 35.5. The molecule has 3 aromatic carbocycles. The second-order valence-electron chi connectivity index (χ2n) is 10.5. The fraction of sp³-hybridized carbons (Fsp3) is 0.375. The standard InChI is InChI=1S/C32H37Cl2N3O5S/c1-3-42-30-15-8-7-14-29(30)37(43(40,41)28-18-16-25(33)17-19-28)22-31(38)36(21-24-10-9-11-26(34)20-24)23(2)32(39)35-27-12-5-4-6-13-27/h7-11,14-20,23,27H,3-6,12-13,21-22H2,1-2H3,(H,35,39)/t23-/m1/s1. The first-order chi connectivity index (χ1) is 20.6. The van der Waals surface area contributed by atoms with Crippen molar-refractivity contribution in [3.63, 3.8) is 0 Å². The molecule has 1 fully saturated rings. The topological polar surface area (TPSA) is 96.0 Å². The van der Waals surface area contributed by atoms with Crippen LogP contribution in [0.25, 0.3) is 0 Å². The van der Waals surface area contributed by atoms with Gasteiger partial charge in [0.25, 0.3) is 10.0 Å². The van der Waals surface area contributed by atoms with Crippen molar-refractivity contribution in [3.05, 3.63) is 88.4 Å². The molecule has 0 heterocycles. The van der Waals surface area contributed by atoms with Gasteiger partial charge < -0.3 is 15.0 Å². The van der Waals surface area contributed by atoms with Crippen LogP contribution >= 0.6 is 23.2 Å². The van der Waals surface area contributed by atoms with Crippen molar-refractivity contribution in [2.45, 2.75) is 69.5 Å². The first-order valence-electron chi connectivity index (χ1n) is 14.4. The number of carbonyl (C=O) groups excluding carboxylic acids is 2. The summed E-state index contributed by atoms with van der Waals surface area (Å²) in [5, 5.41) is 3.96. The molecule has 230 valence electrons. The SMILES string of the molecule is CCOc1ccccc1N(CC(=O)N(Cc1cccc(Cl)c1)[C@H](C)C(=O)NC1CCCCC1)S(=O)(=O)c1ccc(Cl)cc1. The van der Waals surface area contributed by atoms with Crippen LogP contribution in [0.15, 0.2) is 77.7 Å². The number of ether oxygens (including phenoxy) is 1. The summed E-state index contributed by atoms with van der Waals surface area (Å²) in [5.74, 6) is -0.543. The molecule has 0 bridgehead atoms. The Morgan fingerprint density at radius 1 is 0.953 bits per heavy atom. The molecule has 1 aliphatic carbocycles. The lowest BCUT2D eigenvalue weighted by Gasteiger charge is -2.33. The van der Waals surface area contributed by atoms with E-state index in [9.17, 15) is 18.0 Å². The van der Waals surface area contributed by atoms with Crippen molar-refractivity contribution in [2.75, 3.05) is 17.5 Å². The molecular formula is C32H37Cl2N3O5S. The van der Waals surface area contributed by atoms with Gasteiger partial charge in [-0.2, -0.15) is 0 Å². The normalized spacial score (nSPS) is 14.5. The van der Waals surface area contributed by atoms with E-state index in [1.54, 1.807) is 56.3 Å². The van der Waals surface area contributed by atoms with Gasteiger partial charge >= 0.3 is 0 Å². The summed E-state index contributed by atoms with van der Waals surface area (Å²) in [6, 6.07) is 18.6. The molecule has 0 unspecified atom stereocenters. The molecule has 3 aromatic rings. The minimum atomic E-state index is -4.26. The summed E-state index contributed by atoms with van der Waals surface area (Å²) in [4.78, 5) is 29.0. The third kappa shape index (κ3) is 8.43. The number of rotatable bonds is 12. The van der Waals surface area contributed by atoms with Gasteiger partial charge in [0.2, 0.25) is 11.8 Å². The van der Waals surface area contributed by atoms with Crippen LogP contribution in [0.2, 0.25) is 10.0 Å². The smallest absolute Gasteiger partial charge is 0.264 e. The number of hydrogen-bond donors (Lipinski definition) is 1. The highest BCUT2D eigenvalue weighted by Crippen LogP contribution is 2.33. The summed E-state index contributed by atoms with van der Waals surface area (Å²) >= 11 is 12.3. The molecule has 1 aliphatic rings. The molecule has 1 N–H and O–H groups in total. The monoisotopic (exact) mass is 645 g/mol. The summed E-state index contributed by atoms with van der Waals surface area (Å²) < 4.78 is 35.0. The van der Waals surface area contributed by atoms with E-state index < -0.39 is 28.5 Å². The number of halogens is 2. The van der Waals surface area contributed by atoms with E-state index in [0.717, 1.165) is 36.4 Å². The molecule has 8 nitrogen and oxygen atoms in total. The zero-order valence-corrected chi connectivity index (χ0v) is 26.7. The van der Waals surface area contributed by atoms with Crippen LogP contribution in [0.5, 0.6) is 5.75 Å². The quantitative estimate of drug-likeness (QED) is 0.244. The molecule has 0 saturated heterocycles. The Balaban J connectivity index is 1.72. The molecule has 11 heteroatoms. The largest absolute Gasteiger partial charge is 0.492 e. The van der Waals surface area contributed by atoms with E-state index in [4.69, 9.17) is 27.9 Å². The number of amides is 2. The maximum atomic E-state index is 14.2. The summed E-state index contributed by atoms with van der Waals surface area (Å²) in [7, 11) is -4.26. The Morgan fingerprint density at radius 2 is 1.65 bits per heavy atom. The molecule has 0 aliphatic heterocycles. The summed E-state index contributed by atoms with van der Waals surface area (Å²) in [6.07, 6.45) is 5.01. The lowest BCUT2D eigenvalue weighted by Crippen LogP contribution is -2.53. The van der Waals surface area contributed by atoms with Crippen LogP contribution < -0.4 is 14.4 Å². The lowest BCUT2D eigenvalue weighted by molar-refractivity contribution is -0.139. The number of nitrogens with one attached hydrogen (secondary N) is 1. The number of benzene rings is 3. The molecule has 0 spiro atoms. The van der Waals surface area contributed by atoms with Crippen LogP contribution in [0.4, 0.5) is 5.69 Å². The van der Waals surface area contributed by atoms with Gasteiger partial charge in [-0.15, -0.1) is 0 Å². The Hall–Kier alpha value is -3.27.